The molecule has 7 nitrogen and oxygen atoms in total. The quantitative estimate of drug-likeness (QED) is 0.783. The highest BCUT2D eigenvalue weighted by Gasteiger charge is 2.24. The molecule has 25 heavy (non-hydrogen) atoms. The van der Waals surface area contributed by atoms with E-state index >= 15 is 0 Å². The highest BCUT2D eigenvalue weighted by molar-refractivity contribution is 6.30. The molecule has 134 valence electrons. The van der Waals surface area contributed by atoms with Crippen LogP contribution in [0.15, 0.2) is 18.2 Å². The molecule has 0 radical (unpaired) electrons. The molecule has 0 fully saturated rings. The predicted molar refractivity (Wildman–Crippen MR) is 89.5 cm³/mol. The second-order valence-electron chi connectivity index (χ2n) is 5.54. The van der Waals surface area contributed by atoms with Gasteiger partial charge in [-0.05, 0) is 31.5 Å². The first-order valence-electron chi connectivity index (χ1n) is 7.76. The number of carboxylic acids is 1. The number of aromatic nitrogens is 3. The van der Waals surface area contributed by atoms with Crippen LogP contribution in [0.4, 0.5) is 4.39 Å². The van der Waals surface area contributed by atoms with Crippen LogP contribution in [0.5, 0.6) is 0 Å². The largest absolute Gasteiger partial charge is 0.480 e. The topological polar surface area (TPSA) is 97.1 Å². The van der Waals surface area contributed by atoms with Gasteiger partial charge in [0.05, 0.1) is 16.4 Å². The molecule has 0 saturated heterocycles. The molecule has 1 heterocycles. The third-order valence-corrected chi connectivity index (χ3v) is 4.00. The summed E-state index contributed by atoms with van der Waals surface area (Å²) in [6.07, 6.45) is 1.83. The standard InChI is InChI=1S/C16H18ClFN4O3/c1-3-4-5-13(16(24)25)19-15(23)14-9(2)22(21-20-14)10-6-7-12(18)11(17)8-10/h6-8,13H,3-5H2,1-2H3,(H,19,23)(H,24,25). The van der Waals surface area contributed by atoms with Gasteiger partial charge in [-0.15, -0.1) is 5.10 Å². The fourth-order valence-electron chi connectivity index (χ4n) is 2.29. The van der Waals surface area contributed by atoms with Crippen molar-refractivity contribution in [3.63, 3.8) is 0 Å². The van der Waals surface area contributed by atoms with Crippen molar-refractivity contribution in [1.29, 1.82) is 0 Å². The van der Waals surface area contributed by atoms with Gasteiger partial charge in [-0.3, -0.25) is 4.79 Å². The Hall–Kier alpha value is -2.48. The lowest BCUT2D eigenvalue weighted by atomic mass is 10.1. The Balaban J connectivity index is 2.23. The minimum Gasteiger partial charge on any atom is -0.480 e. The van der Waals surface area contributed by atoms with Crippen LogP contribution >= 0.6 is 11.6 Å². The molecule has 1 unspecified atom stereocenters. The molecule has 2 rings (SSSR count). The maximum Gasteiger partial charge on any atom is 0.326 e. The van der Waals surface area contributed by atoms with E-state index in [-0.39, 0.29) is 10.7 Å². The number of rotatable bonds is 7. The van der Waals surface area contributed by atoms with Crippen molar-refractivity contribution >= 4 is 23.5 Å². The molecular weight excluding hydrogens is 351 g/mol. The summed E-state index contributed by atoms with van der Waals surface area (Å²) in [6.45, 7) is 3.54. The first-order chi connectivity index (χ1) is 11.8. The Kier molecular flexibility index (Phi) is 6.08. The maximum atomic E-state index is 13.3. The van der Waals surface area contributed by atoms with E-state index in [0.717, 1.165) is 6.42 Å². The molecule has 0 aliphatic heterocycles. The molecule has 9 heteroatoms. The molecule has 1 aromatic heterocycles. The first-order valence-corrected chi connectivity index (χ1v) is 8.14. The van der Waals surface area contributed by atoms with Gasteiger partial charge in [0.15, 0.2) is 5.69 Å². The van der Waals surface area contributed by atoms with Crippen LogP contribution in [0.25, 0.3) is 5.69 Å². The van der Waals surface area contributed by atoms with Crippen LogP contribution < -0.4 is 5.32 Å². The highest BCUT2D eigenvalue weighted by atomic mass is 35.5. The van der Waals surface area contributed by atoms with Gasteiger partial charge in [-0.2, -0.15) is 0 Å². The first kappa shape index (κ1) is 18.9. The van der Waals surface area contributed by atoms with Crippen LogP contribution in [0.3, 0.4) is 0 Å². The van der Waals surface area contributed by atoms with Crippen molar-refractivity contribution < 1.29 is 19.1 Å². The summed E-state index contributed by atoms with van der Waals surface area (Å²) in [5.41, 5.74) is 0.833. The fourth-order valence-corrected chi connectivity index (χ4v) is 2.47. The Morgan fingerprint density at radius 1 is 1.44 bits per heavy atom. The van der Waals surface area contributed by atoms with Crippen molar-refractivity contribution in [2.45, 2.75) is 39.2 Å². The number of amides is 1. The van der Waals surface area contributed by atoms with Crippen molar-refractivity contribution in [2.24, 2.45) is 0 Å². The number of hydrogen-bond acceptors (Lipinski definition) is 4. The lowest BCUT2D eigenvalue weighted by Crippen LogP contribution is -2.41. The third kappa shape index (κ3) is 4.33. The summed E-state index contributed by atoms with van der Waals surface area (Å²) in [4.78, 5) is 23.6. The zero-order chi connectivity index (χ0) is 18.6. The van der Waals surface area contributed by atoms with Crippen LogP contribution in [0.2, 0.25) is 5.02 Å². The molecule has 0 saturated carbocycles. The SMILES string of the molecule is CCCCC(NC(=O)c1nnn(-c2ccc(F)c(Cl)c2)c1C)C(=O)O. The molecule has 0 aliphatic rings. The van der Waals surface area contributed by atoms with E-state index < -0.39 is 23.7 Å². The van der Waals surface area contributed by atoms with Gasteiger partial charge in [0.2, 0.25) is 0 Å². The number of nitrogens with one attached hydrogen (secondary N) is 1. The van der Waals surface area contributed by atoms with Crippen LogP contribution in [-0.2, 0) is 4.79 Å². The van der Waals surface area contributed by atoms with E-state index in [1.807, 2.05) is 6.92 Å². The van der Waals surface area contributed by atoms with Gasteiger partial charge in [0.1, 0.15) is 11.9 Å². The van der Waals surface area contributed by atoms with E-state index in [1.165, 1.54) is 22.9 Å². The second kappa shape index (κ2) is 8.06. The van der Waals surface area contributed by atoms with Crippen molar-refractivity contribution in [2.75, 3.05) is 0 Å². The van der Waals surface area contributed by atoms with Crippen LogP contribution in [-0.4, -0.2) is 38.0 Å². The Bertz CT molecular complexity index is 794. The minimum absolute atomic E-state index is 0.00296. The Labute approximate surface area is 148 Å². The molecule has 2 aromatic rings. The average molecular weight is 369 g/mol. The number of benzene rings is 1. The number of aliphatic carboxylic acids is 1. The molecule has 1 amide bonds. The summed E-state index contributed by atoms with van der Waals surface area (Å²) in [5, 5.41) is 19.2. The lowest BCUT2D eigenvalue weighted by Gasteiger charge is -2.13. The van der Waals surface area contributed by atoms with Crippen molar-refractivity contribution in [3.8, 4) is 5.69 Å². The van der Waals surface area contributed by atoms with E-state index in [9.17, 15) is 19.1 Å². The number of carbonyl (C=O) groups excluding carboxylic acids is 1. The number of hydrogen-bond donors (Lipinski definition) is 2. The van der Waals surface area contributed by atoms with Crippen molar-refractivity contribution in [1.82, 2.24) is 20.3 Å². The van der Waals surface area contributed by atoms with Gasteiger partial charge in [0, 0.05) is 0 Å². The number of unbranched alkanes of at least 4 members (excludes halogenated alkanes) is 1. The van der Waals surface area contributed by atoms with Gasteiger partial charge in [-0.1, -0.05) is 36.6 Å². The van der Waals surface area contributed by atoms with E-state index in [1.54, 1.807) is 6.92 Å². The van der Waals surface area contributed by atoms with Crippen LogP contribution in [0.1, 0.15) is 42.4 Å². The van der Waals surface area contributed by atoms with Crippen LogP contribution in [0, 0.1) is 12.7 Å². The molecule has 0 spiro atoms. The van der Waals surface area contributed by atoms with E-state index in [4.69, 9.17) is 11.6 Å². The summed E-state index contributed by atoms with van der Waals surface area (Å²) in [6, 6.07) is 3.01. The number of halogens is 2. The third-order valence-electron chi connectivity index (χ3n) is 3.71. The van der Waals surface area contributed by atoms with Gasteiger partial charge in [0.25, 0.3) is 5.91 Å². The Morgan fingerprint density at radius 2 is 2.16 bits per heavy atom. The molecule has 2 N–H and O–H groups in total. The van der Waals surface area contributed by atoms with E-state index in [0.29, 0.717) is 24.2 Å². The molecule has 1 atom stereocenters. The summed E-state index contributed by atoms with van der Waals surface area (Å²) in [7, 11) is 0. The fraction of sp³-hybridized carbons (Fsp3) is 0.375. The van der Waals surface area contributed by atoms with Gasteiger partial charge >= 0.3 is 5.97 Å². The minimum atomic E-state index is -1.10. The summed E-state index contributed by atoms with van der Waals surface area (Å²) >= 11 is 5.76. The lowest BCUT2D eigenvalue weighted by molar-refractivity contribution is -0.139. The van der Waals surface area contributed by atoms with Gasteiger partial charge in [-0.25, -0.2) is 13.9 Å². The van der Waals surface area contributed by atoms with E-state index in [2.05, 4.69) is 15.6 Å². The maximum absolute atomic E-state index is 13.3. The molecule has 0 bridgehead atoms. The second-order valence-corrected chi connectivity index (χ2v) is 5.95. The molecule has 1 aromatic carbocycles. The highest BCUT2D eigenvalue weighted by Crippen LogP contribution is 2.20. The zero-order valence-electron chi connectivity index (χ0n) is 13.8. The monoisotopic (exact) mass is 368 g/mol. The zero-order valence-corrected chi connectivity index (χ0v) is 14.5. The summed E-state index contributed by atoms with van der Waals surface area (Å²) < 4.78 is 14.6. The van der Waals surface area contributed by atoms with Gasteiger partial charge < -0.3 is 10.4 Å². The number of nitrogens with zero attached hydrogens (tertiary/aromatic N) is 3. The Morgan fingerprint density at radius 3 is 2.76 bits per heavy atom. The molecular formula is C16H18ClFN4O3. The van der Waals surface area contributed by atoms with Crippen molar-refractivity contribution in [3.05, 3.63) is 40.4 Å². The number of carbonyl (C=O) groups is 2. The number of carboxylic acid groups (broad SMARTS) is 1. The molecule has 0 aliphatic carbocycles. The normalized spacial score (nSPS) is 12.0. The predicted octanol–water partition coefficient (Wildman–Crippen LogP) is 2.74. The summed E-state index contributed by atoms with van der Waals surface area (Å²) in [5.74, 6) is -2.29. The smallest absolute Gasteiger partial charge is 0.326 e. The average Bonchev–Trinajstić information content (AvgIpc) is 2.95.